The molecule has 4 amide bonds. The molecule has 2 saturated heterocycles. The van der Waals surface area contributed by atoms with Gasteiger partial charge in [0, 0.05) is 26.6 Å². The summed E-state index contributed by atoms with van der Waals surface area (Å²) >= 11 is 0. The minimum atomic E-state index is -0.715. The maximum Gasteiger partial charge on any atom is 0.334 e. The lowest BCUT2D eigenvalue weighted by atomic mass is 9.98. The van der Waals surface area contributed by atoms with Crippen molar-refractivity contribution >= 4 is 17.8 Å². The Balaban J connectivity index is 1.42. The highest BCUT2D eigenvalue weighted by atomic mass is 16.5. The standard InChI is InChI=1S/C30H33N5O4/c1-32-21-28(36)34-26(17-22-9-5-3-6-10-22)29(37)33(19-24-11-7-4-8-12-24)20-27(34)35(32)30(38)31-18-23-13-15-25(39-2)16-14-23/h3-16,26-27H,17-21H2,1-2H3,(H,31,38)/t26-,27-/m0/s1. The first-order valence-corrected chi connectivity index (χ1v) is 13.0. The molecule has 0 aliphatic carbocycles. The number of methoxy groups -OCH3 is 1. The molecule has 2 fully saturated rings. The predicted molar refractivity (Wildman–Crippen MR) is 146 cm³/mol. The number of rotatable bonds is 7. The van der Waals surface area contributed by atoms with Crippen LogP contribution in [-0.2, 0) is 29.1 Å². The van der Waals surface area contributed by atoms with Crippen LogP contribution in [0.4, 0.5) is 4.79 Å². The first-order valence-electron chi connectivity index (χ1n) is 13.0. The molecule has 9 nitrogen and oxygen atoms in total. The van der Waals surface area contributed by atoms with Crippen molar-refractivity contribution < 1.29 is 19.1 Å². The Labute approximate surface area is 228 Å². The van der Waals surface area contributed by atoms with E-state index in [2.05, 4.69) is 5.32 Å². The van der Waals surface area contributed by atoms with Crippen molar-refractivity contribution in [3.05, 3.63) is 102 Å². The van der Waals surface area contributed by atoms with Gasteiger partial charge >= 0.3 is 6.03 Å². The lowest BCUT2D eigenvalue weighted by Crippen LogP contribution is -2.76. The van der Waals surface area contributed by atoms with Crippen LogP contribution in [0.5, 0.6) is 5.75 Å². The SMILES string of the molecule is COc1ccc(CNC(=O)N2[C@H]3CN(Cc4ccccc4)C(=O)[C@H](Cc4ccccc4)N3C(=O)CN2C)cc1. The van der Waals surface area contributed by atoms with Crippen molar-refractivity contribution in [3.8, 4) is 5.75 Å². The zero-order chi connectivity index (χ0) is 27.4. The molecule has 0 bridgehead atoms. The van der Waals surface area contributed by atoms with E-state index in [1.807, 2.05) is 84.9 Å². The van der Waals surface area contributed by atoms with Crippen molar-refractivity contribution in [2.75, 3.05) is 27.2 Å². The number of nitrogens with zero attached hydrogens (tertiary/aromatic N) is 4. The van der Waals surface area contributed by atoms with Crippen molar-refractivity contribution in [2.24, 2.45) is 0 Å². The molecular formula is C30H33N5O4. The second-order valence-electron chi connectivity index (χ2n) is 9.86. The van der Waals surface area contributed by atoms with Crippen LogP contribution < -0.4 is 10.1 Å². The lowest BCUT2D eigenvalue weighted by Gasteiger charge is -2.54. The Morgan fingerprint density at radius 1 is 0.897 bits per heavy atom. The highest BCUT2D eigenvalue weighted by Gasteiger charge is 2.50. The van der Waals surface area contributed by atoms with E-state index >= 15 is 0 Å². The Morgan fingerprint density at radius 3 is 2.18 bits per heavy atom. The second-order valence-corrected chi connectivity index (χ2v) is 9.86. The average Bonchev–Trinajstić information content (AvgIpc) is 2.95. The number of hydrogen-bond donors (Lipinski definition) is 1. The van der Waals surface area contributed by atoms with Crippen LogP contribution in [0, 0.1) is 0 Å². The van der Waals surface area contributed by atoms with Crippen molar-refractivity contribution in [3.63, 3.8) is 0 Å². The summed E-state index contributed by atoms with van der Waals surface area (Å²) in [5, 5.41) is 6.21. The molecule has 202 valence electrons. The van der Waals surface area contributed by atoms with Crippen molar-refractivity contribution in [1.29, 1.82) is 0 Å². The molecule has 2 heterocycles. The Kier molecular flexibility index (Phi) is 7.79. The number of benzene rings is 3. The van der Waals surface area contributed by atoms with E-state index < -0.39 is 12.2 Å². The van der Waals surface area contributed by atoms with E-state index in [4.69, 9.17) is 4.74 Å². The van der Waals surface area contributed by atoms with Crippen LogP contribution in [0.25, 0.3) is 0 Å². The molecule has 0 unspecified atom stereocenters. The topological polar surface area (TPSA) is 85.4 Å². The molecule has 0 saturated carbocycles. The third-order valence-electron chi connectivity index (χ3n) is 7.24. The Bertz CT molecular complexity index is 1300. The maximum absolute atomic E-state index is 13.8. The molecule has 2 aliphatic rings. The number of amides is 4. The fraction of sp³-hybridized carbons (Fsp3) is 0.300. The van der Waals surface area contributed by atoms with Gasteiger partial charge in [-0.05, 0) is 28.8 Å². The van der Waals surface area contributed by atoms with Crippen molar-refractivity contribution in [2.45, 2.75) is 31.7 Å². The number of likely N-dealkylation sites (N-methyl/N-ethyl adjacent to an activating group) is 1. The highest BCUT2D eigenvalue weighted by Crippen LogP contribution is 2.28. The summed E-state index contributed by atoms with van der Waals surface area (Å²) < 4.78 is 5.22. The van der Waals surface area contributed by atoms with Crippen LogP contribution in [0.3, 0.4) is 0 Å². The van der Waals surface area contributed by atoms with Gasteiger partial charge in [0.25, 0.3) is 0 Å². The summed E-state index contributed by atoms with van der Waals surface area (Å²) in [6, 6.07) is 25.9. The van der Waals surface area contributed by atoms with Gasteiger partial charge in [0.15, 0.2) is 0 Å². The molecular weight excluding hydrogens is 494 g/mol. The summed E-state index contributed by atoms with van der Waals surface area (Å²) in [4.78, 5) is 44.2. The van der Waals surface area contributed by atoms with Gasteiger partial charge < -0.3 is 19.9 Å². The first kappa shape index (κ1) is 26.2. The average molecular weight is 528 g/mol. The van der Waals surface area contributed by atoms with Gasteiger partial charge in [-0.15, -0.1) is 0 Å². The molecule has 2 aliphatic heterocycles. The van der Waals surface area contributed by atoms with Gasteiger partial charge in [0.05, 0.1) is 20.2 Å². The van der Waals surface area contributed by atoms with E-state index in [-0.39, 0.29) is 30.9 Å². The van der Waals surface area contributed by atoms with Gasteiger partial charge in [-0.25, -0.2) is 14.8 Å². The van der Waals surface area contributed by atoms with Gasteiger partial charge in [-0.3, -0.25) is 9.59 Å². The van der Waals surface area contributed by atoms with E-state index in [1.54, 1.807) is 34.0 Å². The predicted octanol–water partition coefficient (Wildman–Crippen LogP) is 2.88. The number of carbonyl (C=O) groups excluding carboxylic acids is 3. The van der Waals surface area contributed by atoms with Crippen LogP contribution in [-0.4, -0.2) is 77.1 Å². The van der Waals surface area contributed by atoms with Crippen LogP contribution in [0.2, 0.25) is 0 Å². The number of piperazine rings is 1. The van der Waals surface area contributed by atoms with Gasteiger partial charge in [0.2, 0.25) is 11.8 Å². The molecule has 0 radical (unpaired) electrons. The summed E-state index contributed by atoms with van der Waals surface area (Å²) in [6.07, 6.45) is -0.264. The number of urea groups is 1. The van der Waals surface area contributed by atoms with Gasteiger partial charge in [-0.1, -0.05) is 72.8 Å². The minimum Gasteiger partial charge on any atom is -0.497 e. The Morgan fingerprint density at radius 2 is 1.54 bits per heavy atom. The summed E-state index contributed by atoms with van der Waals surface area (Å²) in [6.45, 7) is 0.928. The van der Waals surface area contributed by atoms with E-state index in [0.717, 1.165) is 22.4 Å². The number of hydrogen-bond acceptors (Lipinski definition) is 5. The number of fused-ring (bicyclic) bond motifs is 1. The smallest absolute Gasteiger partial charge is 0.334 e. The molecule has 3 aromatic carbocycles. The lowest BCUT2D eigenvalue weighted by molar-refractivity contribution is -0.187. The zero-order valence-corrected chi connectivity index (χ0v) is 22.2. The monoisotopic (exact) mass is 527 g/mol. The third kappa shape index (κ3) is 5.73. The first-order chi connectivity index (χ1) is 18.9. The van der Waals surface area contributed by atoms with Crippen molar-refractivity contribution in [1.82, 2.24) is 25.1 Å². The zero-order valence-electron chi connectivity index (χ0n) is 22.2. The maximum atomic E-state index is 13.8. The molecule has 3 aromatic rings. The number of carbonyl (C=O) groups is 3. The van der Waals surface area contributed by atoms with E-state index in [1.165, 1.54) is 0 Å². The summed E-state index contributed by atoms with van der Waals surface area (Å²) in [5.74, 6) is 0.454. The number of nitrogens with one attached hydrogen (secondary N) is 1. The fourth-order valence-corrected chi connectivity index (χ4v) is 5.29. The van der Waals surface area contributed by atoms with E-state index in [9.17, 15) is 14.4 Å². The molecule has 1 N–H and O–H groups in total. The van der Waals surface area contributed by atoms with Crippen LogP contribution in [0.15, 0.2) is 84.9 Å². The van der Waals surface area contributed by atoms with Crippen LogP contribution >= 0.6 is 0 Å². The molecule has 5 rings (SSSR count). The third-order valence-corrected chi connectivity index (χ3v) is 7.24. The molecule has 0 aromatic heterocycles. The second kappa shape index (κ2) is 11.6. The minimum absolute atomic E-state index is 0.00368. The summed E-state index contributed by atoms with van der Waals surface area (Å²) in [5.41, 5.74) is 2.87. The largest absolute Gasteiger partial charge is 0.497 e. The quantitative estimate of drug-likeness (QED) is 0.511. The summed E-state index contributed by atoms with van der Waals surface area (Å²) in [7, 11) is 3.34. The number of ether oxygens (including phenoxy) is 1. The fourth-order valence-electron chi connectivity index (χ4n) is 5.29. The number of hydrazine groups is 1. The van der Waals surface area contributed by atoms with E-state index in [0.29, 0.717) is 19.5 Å². The highest BCUT2D eigenvalue weighted by molar-refractivity contribution is 5.91. The van der Waals surface area contributed by atoms with Gasteiger partial charge in [0.1, 0.15) is 18.0 Å². The molecule has 2 atom stereocenters. The van der Waals surface area contributed by atoms with Crippen LogP contribution in [0.1, 0.15) is 16.7 Å². The molecule has 39 heavy (non-hydrogen) atoms. The Hall–Kier alpha value is -4.37. The molecule has 9 heteroatoms. The molecule has 0 spiro atoms. The normalized spacial score (nSPS) is 19.6. The van der Waals surface area contributed by atoms with Gasteiger partial charge in [-0.2, -0.15) is 0 Å².